The van der Waals surface area contributed by atoms with Gasteiger partial charge in [0.1, 0.15) is 0 Å². The van der Waals surface area contributed by atoms with Gasteiger partial charge in [0.2, 0.25) is 5.91 Å². The Morgan fingerprint density at radius 3 is 2.53 bits per heavy atom. The van der Waals surface area contributed by atoms with Gasteiger partial charge in [-0.1, -0.05) is 6.42 Å². The summed E-state index contributed by atoms with van der Waals surface area (Å²) in [5, 5.41) is 8.67. The molecule has 1 amide bonds. The van der Waals surface area contributed by atoms with Crippen molar-refractivity contribution in [2.45, 2.75) is 44.9 Å². The maximum Gasteiger partial charge on any atom is 0.222 e. The van der Waals surface area contributed by atoms with E-state index in [1.54, 1.807) is 0 Å². The normalized spacial score (nSPS) is 17.6. The summed E-state index contributed by atoms with van der Waals surface area (Å²) in [6.45, 7) is 1.67. The van der Waals surface area contributed by atoms with Crippen LogP contribution in [0.4, 0.5) is 0 Å². The first-order chi connectivity index (χ1) is 8.13. The minimum Gasteiger partial charge on any atom is -0.396 e. The first-order valence-electron chi connectivity index (χ1n) is 6.68. The molecule has 0 aromatic rings. The molecule has 4 nitrogen and oxygen atoms in total. The van der Waals surface area contributed by atoms with Crippen molar-refractivity contribution in [3.8, 4) is 0 Å². The van der Waals surface area contributed by atoms with E-state index >= 15 is 0 Å². The number of nitrogens with zero attached hydrogens (tertiary/aromatic N) is 1. The predicted octanol–water partition coefficient (Wildman–Crippen LogP) is 1.13. The molecule has 0 aromatic heterocycles. The lowest BCUT2D eigenvalue weighted by Crippen LogP contribution is -2.42. The van der Waals surface area contributed by atoms with Crippen molar-refractivity contribution in [3.63, 3.8) is 0 Å². The van der Waals surface area contributed by atoms with Crippen LogP contribution < -0.4 is 5.73 Å². The number of nitrogens with two attached hydrogens (primary N) is 1. The summed E-state index contributed by atoms with van der Waals surface area (Å²) in [5.74, 6) is 0.221. The second-order valence-electron chi connectivity index (χ2n) is 5.33. The second-order valence-corrected chi connectivity index (χ2v) is 5.33. The quantitative estimate of drug-likeness (QED) is 0.627. The molecule has 0 spiro atoms. The smallest absolute Gasteiger partial charge is 0.222 e. The highest BCUT2D eigenvalue weighted by Gasteiger charge is 2.38. The van der Waals surface area contributed by atoms with Gasteiger partial charge in [0, 0.05) is 26.6 Å². The van der Waals surface area contributed by atoms with Crippen molar-refractivity contribution in [3.05, 3.63) is 0 Å². The van der Waals surface area contributed by atoms with E-state index < -0.39 is 0 Å². The van der Waals surface area contributed by atoms with Crippen LogP contribution in [0.15, 0.2) is 0 Å². The average Bonchev–Trinajstić information content (AvgIpc) is 2.28. The second kappa shape index (κ2) is 6.97. The zero-order valence-electron chi connectivity index (χ0n) is 11.0. The number of aliphatic hydroxyl groups is 1. The Labute approximate surface area is 104 Å². The highest BCUT2D eigenvalue weighted by atomic mass is 16.2. The number of unbranched alkanes of at least 4 members (excludes halogenated alkanes) is 2. The topological polar surface area (TPSA) is 66.6 Å². The Hall–Kier alpha value is -0.610. The van der Waals surface area contributed by atoms with Gasteiger partial charge in [-0.15, -0.1) is 0 Å². The Kier molecular flexibility index (Phi) is 5.92. The van der Waals surface area contributed by atoms with Gasteiger partial charge in [0.05, 0.1) is 0 Å². The Morgan fingerprint density at radius 2 is 2.06 bits per heavy atom. The van der Waals surface area contributed by atoms with E-state index in [1.807, 2.05) is 11.9 Å². The highest BCUT2D eigenvalue weighted by Crippen LogP contribution is 2.43. The molecule has 1 aliphatic rings. The van der Waals surface area contributed by atoms with Gasteiger partial charge in [-0.3, -0.25) is 4.79 Å². The summed E-state index contributed by atoms with van der Waals surface area (Å²) in [5.41, 5.74) is 5.87. The number of aliphatic hydroxyl groups excluding tert-OH is 1. The lowest BCUT2D eigenvalue weighted by molar-refractivity contribution is -0.133. The van der Waals surface area contributed by atoms with Crippen LogP contribution in [0.1, 0.15) is 44.9 Å². The maximum atomic E-state index is 12.0. The first-order valence-corrected chi connectivity index (χ1v) is 6.68. The molecule has 1 rings (SSSR count). The van der Waals surface area contributed by atoms with Crippen molar-refractivity contribution in [2.24, 2.45) is 11.1 Å². The molecule has 0 radical (unpaired) electrons. The maximum absolute atomic E-state index is 12.0. The van der Waals surface area contributed by atoms with Crippen molar-refractivity contribution in [1.29, 1.82) is 0 Å². The number of hydrogen-bond donors (Lipinski definition) is 2. The third kappa shape index (κ3) is 4.28. The van der Waals surface area contributed by atoms with Gasteiger partial charge in [-0.05, 0) is 44.1 Å². The largest absolute Gasteiger partial charge is 0.396 e. The molecule has 0 aromatic carbocycles. The van der Waals surface area contributed by atoms with E-state index in [0.717, 1.165) is 38.6 Å². The van der Waals surface area contributed by atoms with Crippen molar-refractivity contribution in [2.75, 3.05) is 26.7 Å². The van der Waals surface area contributed by atoms with Crippen LogP contribution >= 0.6 is 0 Å². The zero-order valence-corrected chi connectivity index (χ0v) is 11.0. The zero-order chi connectivity index (χ0) is 12.7. The molecular formula is C13H26N2O2. The fraction of sp³-hybridized carbons (Fsp3) is 0.923. The summed E-state index contributed by atoms with van der Waals surface area (Å²) in [6, 6.07) is 0. The molecule has 0 saturated heterocycles. The molecule has 1 fully saturated rings. The molecule has 3 N–H and O–H groups in total. The predicted molar refractivity (Wildman–Crippen MR) is 68.5 cm³/mol. The van der Waals surface area contributed by atoms with Crippen molar-refractivity contribution in [1.82, 2.24) is 4.90 Å². The van der Waals surface area contributed by atoms with Crippen LogP contribution in [0.25, 0.3) is 0 Å². The van der Waals surface area contributed by atoms with Crippen LogP contribution in [0.3, 0.4) is 0 Å². The molecule has 0 heterocycles. The lowest BCUT2D eigenvalue weighted by atomic mass is 9.66. The van der Waals surface area contributed by atoms with Gasteiger partial charge in [-0.2, -0.15) is 0 Å². The minimum absolute atomic E-state index is 0.108. The molecule has 4 heteroatoms. The van der Waals surface area contributed by atoms with Gasteiger partial charge in [0.25, 0.3) is 0 Å². The molecule has 17 heavy (non-hydrogen) atoms. The third-order valence-corrected chi connectivity index (χ3v) is 3.95. The number of hydrogen-bond acceptors (Lipinski definition) is 3. The molecule has 0 bridgehead atoms. The van der Waals surface area contributed by atoms with Crippen molar-refractivity contribution < 1.29 is 9.90 Å². The fourth-order valence-electron chi connectivity index (χ4n) is 2.35. The summed E-state index contributed by atoms with van der Waals surface area (Å²) in [4.78, 5) is 13.8. The van der Waals surface area contributed by atoms with E-state index in [9.17, 15) is 4.79 Å². The molecular weight excluding hydrogens is 216 g/mol. The van der Waals surface area contributed by atoms with Gasteiger partial charge >= 0.3 is 0 Å². The Morgan fingerprint density at radius 1 is 1.35 bits per heavy atom. The molecule has 1 aliphatic carbocycles. The van der Waals surface area contributed by atoms with Crippen LogP contribution in [0, 0.1) is 5.41 Å². The molecule has 1 saturated carbocycles. The molecule has 0 atom stereocenters. The van der Waals surface area contributed by atoms with E-state index in [4.69, 9.17) is 10.8 Å². The van der Waals surface area contributed by atoms with Crippen LogP contribution in [0.2, 0.25) is 0 Å². The fourth-order valence-corrected chi connectivity index (χ4v) is 2.35. The van der Waals surface area contributed by atoms with Gasteiger partial charge in [0.15, 0.2) is 0 Å². The van der Waals surface area contributed by atoms with E-state index in [0.29, 0.717) is 13.0 Å². The minimum atomic E-state index is 0.108. The van der Waals surface area contributed by atoms with E-state index in [2.05, 4.69) is 0 Å². The van der Waals surface area contributed by atoms with E-state index in [1.165, 1.54) is 6.42 Å². The van der Waals surface area contributed by atoms with Crippen LogP contribution in [-0.2, 0) is 4.79 Å². The first kappa shape index (κ1) is 14.5. The number of amides is 1. The monoisotopic (exact) mass is 242 g/mol. The van der Waals surface area contributed by atoms with Gasteiger partial charge < -0.3 is 15.7 Å². The van der Waals surface area contributed by atoms with E-state index in [-0.39, 0.29) is 17.9 Å². The summed E-state index contributed by atoms with van der Waals surface area (Å²) in [7, 11) is 1.87. The summed E-state index contributed by atoms with van der Waals surface area (Å²) in [6.07, 6.45) is 6.81. The molecule has 100 valence electrons. The lowest BCUT2D eigenvalue weighted by Gasteiger charge is -2.41. The van der Waals surface area contributed by atoms with Crippen LogP contribution in [0.5, 0.6) is 0 Å². The van der Waals surface area contributed by atoms with Crippen LogP contribution in [-0.4, -0.2) is 42.7 Å². The Balaban J connectivity index is 2.22. The number of carbonyl (C=O) groups excluding carboxylic acids is 1. The molecule has 0 unspecified atom stereocenters. The SMILES string of the molecule is CN(CCCCCO)C(=O)CC1(CN)CCC1. The Bertz CT molecular complexity index is 234. The number of rotatable bonds is 8. The highest BCUT2D eigenvalue weighted by molar-refractivity contribution is 5.76. The molecule has 0 aliphatic heterocycles. The summed E-state index contributed by atoms with van der Waals surface area (Å²) >= 11 is 0. The van der Waals surface area contributed by atoms with Gasteiger partial charge in [-0.25, -0.2) is 0 Å². The third-order valence-electron chi connectivity index (χ3n) is 3.95. The standard InChI is InChI=1S/C13H26N2O2/c1-15(8-3-2-4-9-16)12(17)10-13(11-14)6-5-7-13/h16H,2-11,14H2,1H3. The average molecular weight is 242 g/mol. The van der Waals surface area contributed by atoms with Crippen molar-refractivity contribution >= 4 is 5.91 Å². The summed E-state index contributed by atoms with van der Waals surface area (Å²) < 4.78 is 0. The number of carbonyl (C=O) groups is 1.